The first-order valence-electron chi connectivity index (χ1n) is 2.42. The van der Waals surface area contributed by atoms with Crippen molar-refractivity contribution >= 4 is 5.91 Å². The van der Waals surface area contributed by atoms with Crippen LogP contribution in [0, 0.1) is 0 Å². The Kier molecular flexibility index (Phi) is 1.20. The third-order valence-corrected chi connectivity index (χ3v) is 0.884. The summed E-state index contributed by atoms with van der Waals surface area (Å²) in [6.07, 6.45) is 1.71. The second kappa shape index (κ2) is 1.86. The fraction of sp³-hybridized carbons (Fsp3) is 0.400. The molecule has 0 atom stereocenters. The van der Waals surface area contributed by atoms with Gasteiger partial charge in [0.1, 0.15) is 0 Å². The minimum absolute atomic E-state index is 0.0712. The van der Waals surface area contributed by atoms with Crippen LogP contribution in [0.4, 0.5) is 0 Å². The van der Waals surface area contributed by atoms with Crippen LogP contribution in [0.1, 0.15) is 6.92 Å². The third kappa shape index (κ3) is 0.804. The van der Waals surface area contributed by atoms with Crippen LogP contribution in [0.5, 0.6) is 0 Å². The maximum Gasteiger partial charge on any atom is 0.264 e. The molecule has 0 radical (unpaired) electrons. The maximum absolute atomic E-state index is 10.3. The van der Waals surface area contributed by atoms with E-state index in [-0.39, 0.29) is 12.5 Å². The predicted molar refractivity (Wildman–Crippen MR) is 27.9 cm³/mol. The Bertz CT molecular complexity index is 139. The molecule has 3 heteroatoms. The molecule has 0 aromatic heterocycles. The Morgan fingerprint density at radius 1 is 1.88 bits per heavy atom. The Morgan fingerprint density at radius 3 is 2.88 bits per heavy atom. The van der Waals surface area contributed by atoms with Gasteiger partial charge in [0.15, 0.2) is 12.5 Å². The highest BCUT2D eigenvalue weighted by atomic mass is 16.5. The van der Waals surface area contributed by atoms with Gasteiger partial charge in [-0.15, -0.1) is 0 Å². The Balaban J connectivity index is 2.56. The van der Waals surface area contributed by atoms with Crippen molar-refractivity contribution < 1.29 is 9.53 Å². The first-order chi connectivity index (χ1) is 3.83. The molecular formula is C5H7NO2. The highest BCUT2D eigenvalue weighted by Crippen LogP contribution is 1.98. The molecule has 0 aliphatic carbocycles. The predicted octanol–water partition coefficient (Wildman–Crippen LogP) is -0.00590. The topological polar surface area (TPSA) is 38.3 Å². The van der Waals surface area contributed by atoms with E-state index in [0.717, 1.165) is 0 Å². The standard InChI is InChI=1S/C5H7NO2/c1-2-5-6-4(7)3-8-5/h2H,3H2,1H3,(H,6,7). The second-order valence-electron chi connectivity index (χ2n) is 1.49. The van der Waals surface area contributed by atoms with Gasteiger partial charge in [-0.25, -0.2) is 0 Å². The molecule has 1 saturated heterocycles. The molecule has 1 aliphatic rings. The molecule has 8 heavy (non-hydrogen) atoms. The van der Waals surface area contributed by atoms with Gasteiger partial charge < -0.3 is 4.74 Å². The Hall–Kier alpha value is -0.990. The summed E-state index contributed by atoms with van der Waals surface area (Å²) in [6.45, 7) is 1.97. The number of rotatable bonds is 0. The van der Waals surface area contributed by atoms with E-state index in [2.05, 4.69) is 5.32 Å². The highest BCUT2D eigenvalue weighted by molar-refractivity contribution is 5.80. The first-order valence-corrected chi connectivity index (χ1v) is 2.42. The van der Waals surface area contributed by atoms with Crippen molar-refractivity contribution in [3.8, 4) is 0 Å². The molecule has 3 nitrogen and oxygen atoms in total. The lowest BCUT2D eigenvalue weighted by Crippen LogP contribution is -2.13. The van der Waals surface area contributed by atoms with Crippen LogP contribution in [-0.4, -0.2) is 12.5 Å². The summed E-state index contributed by atoms with van der Waals surface area (Å²) in [7, 11) is 0. The molecule has 1 heterocycles. The SMILES string of the molecule is CC=C1NC(=O)CO1. The van der Waals surface area contributed by atoms with Crippen molar-refractivity contribution in [1.82, 2.24) is 5.32 Å². The molecule has 0 aromatic rings. The van der Waals surface area contributed by atoms with Gasteiger partial charge in [0.2, 0.25) is 0 Å². The van der Waals surface area contributed by atoms with Crippen LogP contribution in [0.2, 0.25) is 0 Å². The number of carbonyl (C=O) groups is 1. The lowest BCUT2D eigenvalue weighted by molar-refractivity contribution is -0.119. The number of nitrogens with one attached hydrogen (secondary N) is 1. The third-order valence-electron chi connectivity index (χ3n) is 0.884. The molecular weight excluding hydrogens is 106 g/mol. The van der Waals surface area contributed by atoms with E-state index in [9.17, 15) is 4.79 Å². The molecule has 1 aliphatic heterocycles. The number of carbonyl (C=O) groups excluding carboxylic acids is 1. The Morgan fingerprint density at radius 2 is 2.62 bits per heavy atom. The van der Waals surface area contributed by atoms with Crippen molar-refractivity contribution in [2.45, 2.75) is 6.92 Å². The van der Waals surface area contributed by atoms with E-state index >= 15 is 0 Å². The van der Waals surface area contributed by atoms with Crippen LogP contribution in [0.3, 0.4) is 0 Å². The zero-order valence-electron chi connectivity index (χ0n) is 4.60. The van der Waals surface area contributed by atoms with E-state index in [1.807, 2.05) is 0 Å². The maximum atomic E-state index is 10.3. The second-order valence-corrected chi connectivity index (χ2v) is 1.49. The molecule has 44 valence electrons. The molecule has 0 aromatic carbocycles. The number of hydrogen-bond donors (Lipinski definition) is 1. The molecule has 1 fully saturated rings. The average Bonchev–Trinajstić information content (AvgIpc) is 2.14. The van der Waals surface area contributed by atoms with Gasteiger partial charge in [0, 0.05) is 0 Å². The molecule has 0 bridgehead atoms. The van der Waals surface area contributed by atoms with Crippen molar-refractivity contribution in [2.75, 3.05) is 6.61 Å². The van der Waals surface area contributed by atoms with Crippen LogP contribution in [0.15, 0.2) is 12.0 Å². The largest absolute Gasteiger partial charge is 0.469 e. The van der Waals surface area contributed by atoms with Crippen LogP contribution >= 0.6 is 0 Å². The highest BCUT2D eigenvalue weighted by Gasteiger charge is 2.12. The van der Waals surface area contributed by atoms with Gasteiger partial charge in [0.25, 0.3) is 5.91 Å². The van der Waals surface area contributed by atoms with E-state index < -0.39 is 0 Å². The van der Waals surface area contributed by atoms with E-state index in [1.54, 1.807) is 13.0 Å². The van der Waals surface area contributed by atoms with E-state index in [4.69, 9.17) is 4.74 Å². The minimum atomic E-state index is -0.0712. The zero-order chi connectivity index (χ0) is 5.98. The Labute approximate surface area is 47.3 Å². The fourth-order valence-corrected chi connectivity index (χ4v) is 0.508. The summed E-state index contributed by atoms with van der Waals surface area (Å²) < 4.78 is 4.81. The number of allylic oxidation sites excluding steroid dienone is 1. The van der Waals surface area contributed by atoms with Gasteiger partial charge in [-0.05, 0) is 13.0 Å². The molecule has 0 saturated carbocycles. The molecule has 1 rings (SSSR count). The zero-order valence-corrected chi connectivity index (χ0v) is 4.60. The number of hydrogen-bond acceptors (Lipinski definition) is 2. The van der Waals surface area contributed by atoms with Gasteiger partial charge >= 0.3 is 0 Å². The summed E-state index contributed by atoms with van der Waals surface area (Å²) >= 11 is 0. The van der Waals surface area contributed by atoms with E-state index in [1.165, 1.54) is 0 Å². The molecule has 1 amide bonds. The summed E-state index contributed by atoms with van der Waals surface area (Å²) in [5, 5.41) is 2.50. The first kappa shape index (κ1) is 5.15. The van der Waals surface area contributed by atoms with E-state index in [0.29, 0.717) is 5.88 Å². The normalized spacial score (nSPS) is 23.1. The monoisotopic (exact) mass is 113 g/mol. The number of ether oxygens (including phenoxy) is 1. The quantitative estimate of drug-likeness (QED) is 0.480. The van der Waals surface area contributed by atoms with Crippen molar-refractivity contribution in [2.24, 2.45) is 0 Å². The van der Waals surface area contributed by atoms with Gasteiger partial charge in [-0.2, -0.15) is 0 Å². The average molecular weight is 113 g/mol. The summed E-state index contributed by atoms with van der Waals surface area (Å²) in [5.74, 6) is 0.494. The van der Waals surface area contributed by atoms with Gasteiger partial charge in [0.05, 0.1) is 0 Å². The van der Waals surface area contributed by atoms with Crippen molar-refractivity contribution in [1.29, 1.82) is 0 Å². The molecule has 1 N–H and O–H groups in total. The number of amides is 1. The smallest absolute Gasteiger partial charge is 0.264 e. The molecule has 0 unspecified atom stereocenters. The van der Waals surface area contributed by atoms with Crippen molar-refractivity contribution in [3.05, 3.63) is 12.0 Å². The molecule has 0 spiro atoms. The van der Waals surface area contributed by atoms with Crippen LogP contribution < -0.4 is 5.32 Å². The summed E-state index contributed by atoms with van der Waals surface area (Å²) in [5.41, 5.74) is 0. The van der Waals surface area contributed by atoms with Gasteiger partial charge in [-0.1, -0.05) is 0 Å². The van der Waals surface area contributed by atoms with Crippen LogP contribution in [-0.2, 0) is 9.53 Å². The van der Waals surface area contributed by atoms with Crippen molar-refractivity contribution in [3.63, 3.8) is 0 Å². The minimum Gasteiger partial charge on any atom is -0.469 e. The fourth-order valence-electron chi connectivity index (χ4n) is 0.508. The van der Waals surface area contributed by atoms with Crippen LogP contribution in [0.25, 0.3) is 0 Å². The lowest BCUT2D eigenvalue weighted by atomic mass is 10.6. The lowest BCUT2D eigenvalue weighted by Gasteiger charge is -1.90. The summed E-state index contributed by atoms with van der Waals surface area (Å²) in [6, 6.07) is 0. The van der Waals surface area contributed by atoms with Gasteiger partial charge in [-0.3, -0.25) is 10.1 Å². The summed E-state index contributed by atoms with van der Waals surface area (Å²) in [4.78, 5) is 10.3.